The van der Waals surface area contributed by atoms with Crippen molar-refractivity contribution in [2.75, 3.05) is 0 Å². The third-order valence-electron chi connectivity index (χ3n) is 5.29. The number of rotatable bonds is 2. The Morgan fingerprint density at radius 3 is 2.12 bits per heavy atom. The molecule has 1 aromatic carbocycles. The average molecular weight is 230 g/mol. The topological polar surface area (TPSA) is 57.5 Å². The molecule has 5 fully saturated rings. The van der Waals surface area contributed by atoms with Gasteiger partial charge in [-0.15, -0.1) is 0 Å². The van der Waals surface area contributed by atoms with E-state index in [-0.39, 0.29) is 5.56 Å². The Kier molecular flexibility index (Phi) is 1.55. The maximum atomic E-state index is 10.8. The van der Waals surface area contributed by atoms with Gasteiger partial charge in [0.2, 0.25) is 0 Å². The van der Waals surface area contributed by atoms with E-state index in [1.54, 1.807) is 24.3 Å². The average Bonchev–Trinajstić information content (AvgIpc) is 2.85. The van der Waals surface area contributed by atoms with E-state index in [2.05, 4.69) is 0 Å². The first kappa shape index (κ1) is 9.66. The van der Waals surface area contributed by atoms with Gasteiger partial charge in [0.25, 0.3) is 0 Å². The highest BCUT2D eigenvalue weighted by Crippen LogP contribution is 2.80. The molecule has 5 aliphatic rings. The summed E-state index contributed by atoms with van der Waals surface area (Å²) in [6, 6.07) is 6.74. The summed E-state index contributed by atoms with van der Waals surface area (Å²) in [5.74, 6) is 1.46. The molecule has 88 valence electrons. The summed E-state index contributed by atoms with van der Waals surface area (Å²) in [6.07, 6.45) is 2.55. The van der Waals surface area contributed by atoms with Crippen LogP contribution in [0.4, 0.5) is 0 Å². The van der Waals surface area contributed by atoms with Crippen molar-refractivity contribution < 1.29 is 15.0 Å². The fourth-order valence-corrected chi connectivity index (χ4v) is 4.59. The van der Waals surface area contributed by atoms with Gasteiger partial charge in [-0.2, -0.15) is 0 Å². The monoisotopic (exact) mass is 230 g/mol. The van der Waals surface area contributed by atoms with Gasteiger partial charge in [0.15, 0.2) is 0 Å². The van der Waals surface area contributed by atoms with Crippen molar-refractivity contribution in [1.82, 2.24) is 0 Å². The molecule has 0 aliphatic heterocycles. The molecule has 0 unspecified atom stereocenters. The molecular formula is C14H14O3. The third-order valence-corrected chi connectivity index (χ3v) is 5.29. The molecule has 3 nitrogen and oxygen atoms in total. The number of carboxylic acid groups (broad SMARTS) is 1. The highest BCUT2D eigenvalue weighted by Gasteiger charge is 2.79. The maximum absolute atomic E-state index is 10.8. The van der Waals surface area contributed by atoms with Crippen LogP contribution in [0, 0.1) is 23.7 Å². The van der Waals surface area contributed by atoms with Crippen molar-refractivity contribution in [1.29, 1.82) is 0 Å². The third kappa shape index (κ3) is 0.879. The molecule has 0 amide bonds. The Morgan fingerprint density at radius 2 is 1.65 bits per heavy atom. The highest BCUT2D eigenvalue weighted by molar-refractivity contribution is 5.87. The van der Waals surface area contributed by atoms with Crippen LogP contribution in [-0.4, -0.2) is 16.2 Å². The zero-order valence-corrected chi connectivity index (χ0v) is 9.34. The fraction of sp³-hybridized carbons (Fsp3) is 0.500. The van der Waals surface area contributed by atoms with E-state index in [1.165, 1.54) is 12.8 Å². The van der Waals surface area contributed by atoms with Gasteiger partial charge in [-0.1, -0.05) is 12.1 Å². The van der Waals surface area contributed by atoms with Crippen molar-refractivity contribution in [2.45, 2.75) is 18.4 Å². The summed E-state index contributed by atoms with van der Waals surface area (Å²) in [5, 5.41) is 19.5. The number of hydrogen-bond donors (Lipinski definition) is 2. The second-order valence-corrected chi connectivity index (χ2v) is 5.66. The normalized spacial score (nSPS) is 45.0. The van der Waals surface area contributed by atoms with Crippen molar-refractivity contribution in [3.05, 3.63) is 35.4 Å². The van der Waals surface area contributed by atoms with Gasteiger partial charge in [-0.25, -0.2) is 4.79 Å². The number of fused-ring (bicyclic) bond motifs is 1. The minimum absolute atomic E-state index is 0.285. The summed E-state index contributed by atoms with van der Waals surface area (Å²) < 4.78 is 0. The first-order valence-electron chi connectivity index (χ1n) is 6.20. The van der Waals surface area contributed by atoms with Gasteiger partial charge in [0.05, 0.1) is 11.2 Å². The smallest absolute Gasteiger partial charge is 0.335 e. The minimum Gasteiger partial charge on any atom is -0.478 e. The lowest BCUT2D eigenvalue weighted by Gasteiger charge is -2.71. The Bertz CT molecular complexity index is 481. The Morgan fingerprint density at radius 1 is 1.12 bits per heavy atom. The number of aromatic carboxylic acids is 1. The van der Waals surface area contributed by atoms with Crippen LogP contribution >= 0.6 is 0 Å². The van der Waals surface area contributed by atoms with E-state index in [9.17, 15) is 9.90 Å². The molecule has 0 atom stereocenters. The molecular weight excluding hydrogens is 216 g/mol. The fourth-order valence-electron chi connectivity index (χ4n) is 4.59. The predicted octanol–water partition coefficient (Wildman–Crippen LogP) is 1.86. The lowest BCUT2D eigenvalue weighted by molar-refractivity contribution is -0.321. The summed E-state index contributed by atoms with van der Waals surface area (Å²) in [6.45, 7) is 0. The van der Waals surface area contributed by atoms with Crippen LogP contribution in [-0.2, 0) is 5.60 Å². The number of hydrogen-bond acceptors (Lipinski definition) is 2. The lowest BCUT2D eigenvalue weighted by atomic mass is 9.35. The van der Waals surface area contributed by atoms with Crippen LogP contribution < -0.4 is 0 Å². The van der Waals surface area contributed by atoms with Gasteiger partial charge in [-0.05, 0) is 54.2 Å². The van der Waals surface area contributed by atoms with Gasteiger partial charge in [-0.3, -0.25) is 0 Å². The molecule has 17 heavy (non-hydrogen) atoms. The molecule has 1 aromatic rings. The van der Waals surface area contributed by atoms with E-state index in [0.717, 1.165) is 17.4 Å². The number of aliphatic hydroxyl groups is 1. The largest absolute Gasteiger partial charge is 0.478 e. The van der Waals surface area contributed by atoms with Crippen molar-refractivity contribution in [2.24, 2.45) is 23.7 Å². The highest BCUT2D eigenvalue weighted by atomic mass is 16.4. The molecule has 4 bridgehead atoms. The van der Waals surface area contributed by atoms with Crippen molar-refractivity contribution in [3.63, 3.8) is 0 Å². The Hall–Kier alpha value is -1.35. The zero-order valence-electron chi connectivity index (χ0n) is 9.34. The summed E-state index contributed by atoms with van der Waals surface area (Å²) in [5.41, 5.74) is 0.559. The van der Waals surface area contributed by atoms with Crippen LogP contribution in [0.5, 0.6) is 0 Å². The van der Waals surface area contributed by atoms with Crippen LogP contribution in [0.2, 0.25) is 0 Å². The van der Waals surface area contributed by atoms with E-state index < -0.39 is 11.6 Å². The summed E-state index contributed by atoms with van der Waals surface area (Å²) in [4.78, 5) is 10.8. The number of carbonyl (C=O) groups is 1. The molecule has 0 saturated heterocycles. The quantitative estimate of drug-likeness (QED) is 0.815. The molecule has 0 aromatic heterocycles. The van der Waals surface area contributed by atoms with Crippen LogP contribution in [0.1, 0.15) is 28.8 Å². The standard InChI is InChI=1S/C14H14O3/c15-13(16)7-1-3-8(4-2-7)14(17)11-9-5-6-10(11)12(9)14/h1-4,9-12,17H,5-6H2,(H,15,16). The Labute approximate surface area is 99.1 Å². The summed E-state index contributed by atoms with van der Waals surface area (Å²) >= 11 is 0. The molecule has 2 N–H and O–H groups in total. The SMILES string of the molecule is O=C(O)c1ccc(C2(O)C3C4CCC3C42)cc1. The van der Waals surface area contributed by atoms with E-state index >= 15 is 0 Å². The van der Waals surface area contributed by atoms with Gasteiger partial charge in [0, 0.05) is 0 Å². The van der Waals surface area contributed by atoms with Gasteiger partial charge < -0.3 is 10.2 Å². The molecule has 5 aliphatic carbocycles. The van der Waals surface area contributed by atoms with E-state index in [0.29, 0.717) is 11.8 Å². The van der Waals surface area contributed by atoms with Crippen molar-refractivity contribution in [3.8, 4) is 0 Å². The molecule has 6 rings (SSSR count). The molecule has 0 heterocycles. The van der Waals surface area contributed by atoms with E-state index in [1.807, 2.05) is 0 Å². The first-order chi connectivity index (χ1) is 8.14. The first-order valence-corrected chi connectivity index (χ1v) is 6.20. The maximum Gasteiger partial charge on any atom is 0.335 e. The predicted molar refractivity (Wildman–Crippen MR) is 60.5 cm³/mol. The zero-order chi connectivity index (χ0) is 11.8. The lowest BCUT2D eigenvalue weighted by Crippen LogP contribution is -2.73. The second kappa shape index (κ2) is 2.72. The summed E-state index contributed by atoms with van der Waals surface area (Å²) in [7, 11) is 0. The molecule has 0 radical (unpaired) electrons. The molecule has 3 heteroatoms. The second-order valence-electron chi connectivity index (χ2n) is 5.66. The van der Waals surface area contributed by atoms with E-state index in [4.69, 9.17) is 5.11 Å². The number of carboxylic acids is 1. The van der Waals surface area contributed by atoms with Crippen LogP contribution in [0.15, 0.2) is 24.3 Å². The van der Waals surface area contributed by atoms with Crippen LogP contribution in [0.3, 0.4) is 0 Å². The molecule has 5 saturated carbocycles. The van der Waals surface area contributed by atoms with Gasteiger partial charge in [0.1, 0.15) is 0 Å². The van der Waals surface area contributed by atoms with Crippen LogP contribution in [0.25, 0.3) is 0 Å². The minimum atomic E-state index is -0.914. The Balaban J connectivity index is 1.66. The molecule has 0 spiro atoms. The number of benzene rings is 1. The van der Waals surface area contributed by atoms with Crippen molar-refractivity contribution >= 4 is 5.97 Å². The van der Waals surface area contributed by atoms with Gasteiger partial charge >= 0.3 is 5.97 Å².